The third kappa shape index (κ3) is 3.76. The fraction of sp³-hybridized carbons (Fsp3) is 0.364. The summed E-state index contributed by atoms with van der Waals surface area (Å²) in [5.41, 5.74) is 5.99. The summed E-state index contributed by atoms with van der Waals surface area (Å²) in [6.07, 6.45) is 1.40. The van der Waals surface area contributed by atoms with Gasteiger partial charge in [0.15, 0.2) is 17.4 Å². The van der Waals surface area contributed by atoms with Gasteiger partial charge in [-0.3, -0.25) is 19.0 Å². The van der Waals surface area contributed by atoms with E-state index in [0.717, 1.165) is 11.6 Å². The van der Waals surface area contributed by atoms with Gasteiger partial charge in [0.25, 0.3) is 0 Å². The van der Waals surface area contributed by atoms with Crippen LogP contribution in [-0.2, 0) is 21.5 Å². The first-order valence-electron chi connectivity index (χ1n) is 9.41. The molecule has 8 heteroatoms. The highest BCUT2D eigenvalue weighted by Gasteiger charge is 2.46. The minimum Gasteiger partial charge on any atom is -0.386 e. The van der Waals surface area contributed by atoms with Gasteiger partial charge < -0.3 is 5.73 Å². The van der Waals surface area contributed by atoms with Crippen molar-refractivity contribution in [3.63, 3.8) is 0 Å². The zero-order chi connectivity index (χ0) is 22.5. The summed E-state index contributed by atoms with van der Waals surface area (Å²) in [5.74, 6) is 1.25. The van der Waals surface area contributed by atoms with Crippen molar-refractivity contribution in [1.82, 2.24) is 4.98 Å². The molecule has 0 amide bonds. The minimum atomic E-state index is -2.80. The van der Waals surface area contributed by atoms with Crippen LogP contribution >= 0.6 is 0 Å². The number of aromatic nitrogens is 1. The number of nitrogens with zero attached hydrogens (tertiary/aromatic N) is 2. The topological polar surface area (TPSA) is 85.4 Å². The second-order valence-corrected chi connectivity index (χ2v) is 11.4. The molecule has 0 saturated carbocycles. The lowest BCUT2D eigenvalue weighted by Crippen LogP contribution is -2.54. The summed E-state index contributed by atoms with van der Waals surface area (Å²) in [7, 11) is -2.80. The third-order valence-electron chi connectivity index (χ3n) is 5.66. The molecule has 0 bridgehead atoms. The number of benzene rings is 1. The van der Waals surface area contributed by atoms with Crippen LogP contribution in [0.3, 0.4) is 0 Å². The maximum Gasteiger partial charge on any atom is 0.185 e. The van der Waals surface area contributed by atoms with Crippen LogP contribution in [-0.4, -0.2) is 37.2 Å². The predicted octanol–water partition coefficient (Wildman–Crippen LogP) is 3.17. The Morgan fingerprint density at radius 1 is 1.27 bits per heavy atom. The number of halogens is 2. The summed E-state index contributed by atoms with van der Waals surface area (Å²) in [4.78, 5) is 21.0. The normalized spacial score (nSPS) is 25.6. The van der Waals surface area contributed by atoms with Crippen molar-refractivity contribution in [2.75, 3.05) is 5.75 Å². The lowest BCUT2D eigenvalue weighted by molar-refractivity contribution is 0.0988. The summed E-state index contributed by atoms with van der Waals surface area (Å²) >= 11 is 0. The highest BCUT2D eigenvalue weighted by molar-refractivity contribution is 8.02. The number of aryl methyl sites for hydroxylation is 1. The van der Waals surface area contributed by atoms with Gasteiger partial charge >= 0.3 is 0 Å². The second kappa shape index (κ2) is 7.27. The number of rotatable bonds is 4. The summed E-state index contributed by atoms with van der Waals surface area (Å²) < 4.78 is 41.4. The molecular weight excluding hydrogens is 408 g/mol. The Morgan fingerprint density at radius 2 is 1.93 bits per heavy atom. The van der Waals surface area contributed by atoms with Crippen LogP contribution in [0.2, 0.25) is 0 Å². The number of hydrogen-bond donors (Lipinski definition) is 1. The fourth-order valence-corrected chi connectivity index (χ4v) is 5.36. The molecular formula is C22H25F2N3O2S. The van der Waals surface area contributed by atoms with E-state index >= 15 is 0 Å². The zero-order valence-corrected chi connectivity index (χ0v) is 18.3. The van der Waals surface area contributed by atoms with Crippen molar-refractivity contribution in [3.05, 3.63) is 64.5 Å². The van der Waals surface area contributed by atoms with Gasteiger partial charge in [0.2, 0.25) is 0 Å². The first-order chi connectivity index (χ1) is 13.8. The van der Waals surface area contributed by atoms with Gasteiger partial charge in [-0.25, -0.2) is 8.78 Å². The molecule has 2 aromatic rings. The number of hydrogen-bond acceptors (Lipinski definition) is 5. The molecule has 2 N–H and O–H groups in total. The Morgan fingerprint density at radius 3 is 2.50 bits per heavy atom. The van der Waals surface area contributed by atoms with Gasteiger partial charge in [-0.15, -0.1) is 0 Å². The molecule has 2 heterocycles. The van der Waals surface area contributed by atoms with Crippen molar-refractivity contribution in [3.8, 4) is 0 Å². The molecule has 0 aliphatic carbocycles. The van der Waals surface area contributed by atoms with Crippen LogP contribution in [0.15, 0.2) is 35.5 Å². The first kappa shape index (κ1) is 22.1. The first-order valence-corrected chi connectivity index (χ1v) is 11.3. The Bertz CT molecular complexity index is 1160. The van der Waals surface area contributed by atoms with E-state index in [2.05, 4.69) is 15.8 Å². The van der Waals surface area contributed by atoms with E-state index < -0.39 is 31.4 Å². The molecule has 30 heavy (non-hydrogen) atoms. The molecule has 1 unspecified atom stereocenters. The number of carbonyl (C=O) groups excluding carboxylic acids is 1. The Balaban J connectivity index is 2.05. The van der Waals surface area contributed by atoms with Gasteiger partial charge in [0.1, 0.15) is 11.5 Å². The Labute approximate surface area is 175 Å². The van der Waals surface area contributed by atoms with Crippen molar-refractivity contribution in [2.45, 2.75) is 44.4 Å². The molecule has 160 valence electrons. The number of aliphatic imine (C=N–C) groups is 1. The number of carbonyl (C=O) groups is 1. The standard InChI is InChI=1S/C22H25F2N3O2S/c1-13-6-7-17(26-11-13)18(28)10-14-8-15(19(24)16(23)9-14)22(4)12-30(5,29)21(2,3)20(25)27-22/h6-9,11H,5,10,12H2,1-4H3,(H2,25,27)/t22-,30?/m0/s1. The van der Waals surface area contributed by atoms with Crippen molar-refractivity contribution in [1.29, 1.82) is 0 Å². The van der Waals surface area contributed by atoms with Crippen LogP contribution in [0.5, 0.6) is 0 Å². The van der Waals surface area contributed by atoms with E-state index in [-0.39, 0.29) is 40.6 Å². The largest absolute Gasteiger partial charge is 0.386 e. The number of amidine groups is 1. The molecule has 1 aromatic carbocycles. The molecule has 5 nitrogen and oxygen atoms in total. The highest BCUT2D eigenvalue weighted by atomic mass is 32.2. The van der Waals surface area contributed by atoms with Crippen LogP contribution in [0.4, 0.5) is 8.78 Å². The Hall–Kier alpha value is -2.61. The van der Waals surface area contributed by atoms with Crippen molar-refractivity contribution >= 4 is 27.0 Å². The van der Waals surface area contributed by atoms with E-state index in [4.69, 9.17) is 5.73 Å². The van der Waals surface area contributed by atoms with E-state index in [1.54, 1.807) is 39.1 Å². The van der Waals surface area contributed by atoms with E-state index in [1.807, 2.05) is 6.92 Å². The molecule has 2 atom stereocenters. The SMILES string of the molecule is C=S1(=O)C[C@@](C)(c2cc(CC(=O)c3ccc(C)cn3)cc(F)c2F)N=C(N)C1(C)C. The van der Waals surface area contributed by atoms with E-state index in [9.17, 15) is 17.8 Å². The smallest absolute Gasteiger partial charge is 0.185 e. The van der Waals surface area contributed by atoms with Crippen molar-refractivity contribution in [2.24, 2.45) is 10.7 Å². The molecule has 1 aromatic heterocycles. The predicted molar refractivity (Wildman–Crippen MR) is 117 cm³/mol. The molecule has 0 saturated heterocycles. The number of ketones is 1. The molecule has 0 radical (unpaired) electrons. The van der Waals surface area contributed by atoms with Crippen LogP contribution in [0.1, 0.15) is 48.0 Å². The maximum atomic E-state index is 14.8. The maximum absolute atomic E-state index is 14.8. The summed E-state index contributed by atoms with van der Waals surface area (Å²) in [6.45, 7) is 6.73. The lowest BCUT2D eigenvalue weighted by atomic mass is 9.90. The number of nitrogens with two attached hydrogens (primary N) is 1. The van der Waals surface area contributed by atoms with E-state index in [1.165, 1.54) is 6.07 Å². The van der Waals surface area contributed by atoms with Gasteiger partial charge in [0.05, 0.1) is 10.3 Å². The van der Waals surface area contributed by atoms with Gasteiger partial charge in [-0.05, 0) is 72.4 Å². The fourth-order valence-electron chi connectivity index (χ4n) is 3.44. The minimum absolute atomic E-state index is 0.0707. The monoisotopic (exact) mass is 433 g/mol. The van der Waals surface area contributed by atoms with Gasteiger partial charge in [0, 0.05) is 23.9 Å². The molecule has 0 spiro atoms. The molecule has 1 aliphatic heterocycles. The van der Waals surface area contributed by atoms with Crippen LogP contribution in [0, 0.1) is 18.6 Å². The highest BCUT2D eigenvalue weighted by Crippen LogP contribution is 2.38. The molecule has 3 rings (SSSR count). The second-order valence-electron chi connectivity index (χ2n) is 8.50. The van der Waals surface area contributed by atoms with Crippen LogP contribution < -0.4 is 5.73 Å². The van der Waals surface area contributed by atoms with Gasteiger partial charge in [-0.1, -0.05) is 6.07 Å². The zero-order valence-electron chi connectivity index (χ0n) is 17.5. The Kier molecular flexibility index (Phi) is 5.35. The lowest BCUT2D eigenvalue weighted by Gasteiger charge is -2.41. The van der Waals surface area contributed by atoms with Gasteiger partial charge in [-0.2, -0.15) is 0 Å². The van der Waals surface area contributed by atoms with Crippen molar-refractivity contribution < 1.29 is 17.8 Å². The number of pyridine rings is 1. The van der Waals surface area contributed by atoms with E-state index in [0.29, 0.717) is 0 Å². The summed E-state index contributed by atoms with van der Waals surface area (Å²) in [5, 5.41) is 0. The quantitative estimate of drug-likeness (QED) is 0.593. The van der Waals surface area contributed by atoms with Crippen LogP contribution in [0.25, 0.3) is 0 Å². The third-order valence-corrected chi connectivity index (χ3v) is 8.76. The molecule has 1 aliphatic rings. The molecule has 0 fully saturated rings. The number of Topliss-reactive ketones (excluding diaryl/α,β-unsaturated/α-hetero) is 1. The summed E-state index contributed by atoms with van der Waals surface area (Å²) in [6, 6.07) is 5.71. The average Bonchev–Trinajstić information content (AvgIpc) is 2.63. The average molecular weight is 434 g/mol.